The fourth-order valence-electron chi connectivity index (χ4n) is 1.66. The summed E-state index contributed by atoms with van der Waals surface area (Å²) >= 11 is 0. The Kier molecular flexibility index (Phi) is 3.77. The molecule has 0 aliphatic carbocycles. The molecule has 2 aromatic rings. The number of furan rings is 1. The number of hydrogen-bond donors (Lipinski definition) is 1. The Morgan fingerprint density at radius 2 is 2.29 bits per heavy atom. The summed E-state index contributed by atoms with van der Waals surface area (Å²) in [6, 6.07) is 5.65. The summed E-state index contributed by atoms with van der Waals surface area (Å²) in [5.74, 6) is 0. The molecule has 2 rings (SSSR count). The van der Waals surface area contributed by atoms with Gasteiger partial charge in [-0.05, 0) is 19.1 Å². The molecule has 0 saturated heterocycles. The third-order valence-corrected chi connectivity index (χ3v) is 2.65. The molecule has 0 aromatic carbocycles. The van der Waals surface area contributed by atoms with Crippen LogP contribution < -0.4 is 10.9 Å². The number of rotatable bonds is 5. The van der Waals surface area contributed by atoms with Crippen molar-refractivity contribution in [3.63, 3.8) is 0 Å². The summed E-state index contributed by atoms with van der Waals surface area (Å²) in [5, 5.41) is 3.26. The molecule has 2 aromatic heterocycles. The molecule has 0 saturated carbocycles. The second kappa shape index (κ2) is 5.50. The predicted molar refractivity (Wildman–Crippen MR) is 65.9 cm³/mol. The maximum Gasteiger partial charge on any atom is 0.253 e. The zero-order valence-corrected chi connectivity index (χ0v) is 9.85. The molecule has 1 N–H and O–H groups in total. The number of aromatic nitrogens is 1. The second-order valence-corrected chi connectivity index (χ2v) is 4.00. The minimum Gasteiger partial charge on any atom is -0.472 e. The first-order chi connectivity index (χ1) is 8.27. The molecule has 0 unspecified atom stereocenters. The lowest BCUT2D eigenvalue weighted by molar-refractivity contribution is 0.553. The highest BCUT2D eigenvalue weighted by Gasteiger charge is 1.98. The van der Waals surface area contributed by atoms with Crippen molar-refractivity contribution in [2.75, 3.05) is 6.54 Å². The van der Waals surface area contributed by atoms with Gasteiger partial charge in [-0.1, -0.05) is 6.07 Å². The van der Waals surface area contributed by atoms with Crippen molar-refractivity contribution < 1.29 is 4.42 Å². The molecule has 0 fully saturated rings. The van der Waals surface area contributed by atoms with Crippen LogP contribution in [0.5, 0.6) is 0 Å². The molecule has 4 nitrogen and oxygen atoms in total. The van der Waals surface area contributed by atoms with Crippen LogP contribution in [0.4, 0.5) is 0 Å². The Morgan fingerprint density at radius 1 is 1.41 bits per heavy atom. The van der Waals surface area contributed by atoms with E-state index < -0.39 is 0 Å². The maximum atomic E-state index is 11.7. The van der Waals surface area contributed by atoms with Gasteiger partial charge in [-0.15, -0.1) is 0 Å². The van der Waals surface area contributed by atoms with Crippen molar-refractivity contribution in [1.29, 1.82) is 0 Å². The van der Waals surface area contributed by atoms with Crippen LogP contribution in [-0.4, -0.2) is 11.1 Å². The Labute approximate surface area is 99.9 Å². The lowest BCUT2D eigenvalue weighted by Gasteiger charge is -2.07. The van der Waals surface area contributed by atoms with Crippen molar-refractivity contribution in [3.8, 4) is 0 Å². The average molecular weight is 232 g/mol. The molecule has 4 heteroatoms. The van der Waals surface area contributed by atoms with Gasteiger partial charge in [0, 0.05) is 37.0 Å². The van der Waals surface area contributed by atoms with Gasteiger partial charge in [-0.3, -0.25) is 4.79 Å². The van der Waals surface area contributed by atoms with Crippen LogP contribution in [0.2, 0.25) is 0 Å². The van der Waals surface area contributed by atoms with E-state index in [1.807, 2.05) is 31.3 Å². The smallest absolute Gasteiger partial charge is 0.253 e. The van der Waals surface area contributed by atoms with Gasteiger partial charge in [0.1, 0.15) is 0 Å². The summed E-state index contributed by atoms with van der Waals surface area (Å²) in [7, 11) is 0. The zero-order valence-electron chi connectivity index (χ0n) is 9.85. The number of nitrogens with one attached hydrogen (secondary N) is 1. The van der Waals surface area contributed by atoms with E-state index in [4.69, 9.17) is 4.42 Å². The average Bonchev–Trinajstić information content (AvgIpc) is 2.83. The Balaban J connectivity index is 1.82. The standard InChI is InChI=1S/C13H16N2O2/c1-11-3-2-6-15(13(11)16)7-5-14-9-12-4-8-17-10-12/h2-4,6,8,10,14H,5,7,9H2,1H3. The van der Waals surface area contributed by atoms with Gasteiger partial charge in [0.25, 0.3) is 5.56 Å². The minimum absolute atomic E-state index is 0.0811. The number of hydrogen-bond acceptors (Lipinski definition) is 3. The van der Waals surface area contributed by atoms with E-state index in [1.165, 1.54) is 0 Å². The first-order valence-corrected chi connectivity index (χ1v) is 5.65. The van der Waals surface area contributed by atoms with E-state index in [1.54, 1.807) is 17.1 Å². The molecule has 0 aliphatic heterocycles. The Morgan fingerprint density at radius 3 is 3.06 bits per heavy atom. The second-order valence-electron chi connectivity index (χ2n) is 4.00. The van der Waals surface area contributed by atoms with Crippen molar-refractivity contribution in [2.45, 2.75) is 20.0 Å². The molecule has 0 amide bonds. The number of pyridine rings is 1. The van der Waals surface area contributed by atoms with Crippen LogP contribution >= 0.6 is 0 Å². The van der Waals surface area contributed by atoms with Gasteiger partial charge >= 0.3 is 0 Å². The molecular formula is C13H16N2O2. The van der Waals surface area contributed by atoms with E-state index in [2.05, 4.69) is 5.32 Å². The zero-order chi connectivity index (χ0) is 12.1. The third kappa shape index (κ3) is 3.07. The number of nitrogens with zero attached hydrogens (tertiary/aromatic N) is 1. The van der Waals surface area contributed by atoms with Crippen LogP contribution in [0.3, 0.4) is 0 Å². The Hall–Kier alpha value is -1.81. The van der Waals surface area contributed by atoms with E-state index in [0.717, 1.165) is 24.2 Å². The molecule has 2 heterocycles. The molecule has 17 heavy (non-hydrogen) atoms. The first-order valence-electron chi connectivity index (χ1n) is 5.65. The van der Waals surface area contributed by atoms with Gasteiger partial charge in [0.15, 0.2) is 0 Å². The molecular weight excluding hydrogens is 216 g/mol. The van der Waals surface area contributed by atoms with Gasteiger partial charge < -0.3 is 14.3 Å². The lowest BCUT2D eigenvalue weighted by Crippen LogP contribution is -2.27. The highest BCUT2D eigenvalue weighted by atomic mass is 16.3. The summed E-state index contributed by atoms with van der Waals surface area (Å²) in [6.45, 7) is 4.03. The van der Waals surface area contributed by atoms with Crippen LogP contribution in [0.25, 0.3) is 0 Å². The fraction of sp³-hybridized carbons (Fsp3) is 0.308. The normalized spacial score (nSPS) is 10.6. The minimum atomic E-state index is 0.0811. The van der Waals surface area contributed by atoms with E-state index in [0.29, 0.717) is 6.54 Å². The third-order valence-electron chi connectivity index (χ3n) is 2.65. The van der Waals surface area contributed by atoms with Crippen molar-refractivity contribution in [3.05, 3.63) is 58.4 Å². The first kappa shape index (κ1) is 11.7. The van der Waals surface area contributed by atoms with Gasteiger partial charge in [-0.25, -0.2) is 0 Å². The monoisotopic (exact) mass is 232 g/mol. The van der Waals surface area contributed by atoms with E-state index in [9.17, 15) is 4.79 Å². The number of aryl methyl sites for hydroxylation is 1. The van der Waals surface area contributed by atoms with Gasteiger partial charge in [-0.2, -0.15) is 0 Å². The van der Waals surface area contributed by atoms with Gasteiger partial charge in [0.05, 0.1) is 12.5 Å². The highest BCUT2D eigenvalue weighted by molar-refractivity contribution is 5.07. The topological polar surface area (TPSA) is 47.2 Å². The summed E-state index contributed by atoms with van der Waals surface area (Å²) < 4.78 is 6.69. The van der Waals surface area contributed by atoms with E-state index >= 15 is 0 Å². The maximum absolute atomic E-state index is 11.7. The molecule has 0 spiro atoms. The predicted octanol–water partition coefficient (Wildman–Crippen LogP) is 1.54. The molecule has 0 aliphatic rings. The Bertz CT molecular complexity index is 514. The van der Waals surface area contributed by atoms with E-state index in [-0.39, 0.29) is 5.56 Å². The van der Waals surface area contributed by atoms with Crippen molar-refractivity contribution >= 4 is 0 Å². The summed E-state index contributed by atoms with van der Waals surface area (Å²) in [5.41, 5.74) is 1.97. The molecule has 0 atom stereocenters. The SMILES string of the molecule is Cc1cccn(CCNCc2ccoc2)c1=O. The lowest BCUT2D eigenvalue weighted by atomic mass is 10.3. The molecule has 0 bridgehead atoms. The largest absolute Gasteiger partial charge is 0.472 e. The quantitative estimate of drug-likeness (QED) is 0.795. The molecule has 90 valence electrons. The van der Waals surface area contributed by atoms with Gasteiger partial charge in [0.2, 0.25) is 0 Å². The fourth-order valence-corrected chi connectivity index (χ4v) is 1.66. The van der Waals surface area contributed by atoms with Crippen LogP contribution in [0.15, 0.2) is 46.1 Å². The van der Waals surface area contributed by atoms with Crippen LogP contribution in [-0.2, 0) is 13.1 Å². The highest BCUT2D eigenvalue weighted by Crippen LogP contribution is 1.98. The summed E-state index contributed by atoms with van der Waals surface area (Å²) in [6.07, 6.45) is 5.18. The molecule has 0 radical (unpaired) electrons. The van der Waals surface area contributed by atoms with Crippen LogP contribution in [0.1, 0.15) is 11.1 Å². The van der Waals surface area contributed by atoms with Crippen molar-refractivity contribution in [1.82, 2.24) is 9.88 Å². The van der Waals surface area contributed by atoms with Crippen molar-refractivity contribution in [2.24, 2.45) is 0 Å². The summed E-state index contributed by atoms with van der Waals surface area (Å²) in [4.78, 5) is 11.7. The van der Waals surface area contributed by atoms with Crippen LogP contribution in [0, 0.1) is 6.92 Å².